The highest BCUT2D eigenvalue weighted by Gasteiger charge is 2.13. The van der Waals surface area contributed by atoms with Crippen LogP contribution in [0.3, 0.4) is 0 Å². The quantitative estimate of drug-likeness (QED) is 0.710. The van der Waals surface area contributed by atoms with Crippen molar-refractivity contribution in [1.82, 2.24) is 19.7 Å². The number of pyridine rings is 1. The zero-order valence-electron chi connectivity index (χ0n) is 9.18. The summed E-state index contributed by atoms with van der Waals surface area (Å²) in [6, 6.07) is 4.03. The molecule has 2 aromatic heterocycles. The second-order valence-corrected chi connectivity index (χ2v) is 4.50. The van der Waals surface area contributed by atoms with Gasteiger partial charge in [0, 0.05) is 6.20 Å². The van der Waals surface area contributed by atoms with Gasteiger partial charge in [-0.1, -0.05) is 26.8 Å². The van der Waals surface area contributed by atoms with Gasteiger partial charge in [-0.05, 0) is 17.0 Å². The molecule has 0 saturated carbocycles. The summed E-state index contributed by atoms with van der Waals surface area (Å²) < 4.78 is 1.65. The lowest BCUT2D eigenvalue weighted by molar-refractivity contribution is 0.586. The Hall–Kier alpha value is -1.71. The second kappa shape index (κ2) is 3.46. The van der Waals surface area contributed by atoms with Gasteiger partial charge in [0.25, 0.3) is 0 Å². The van der Waals surface area contributed by atoms with Crippen LogP contribution in [0.15, 0.2) is 31.0 Å². The summed E-state index contributed by atoms with van der Waals surface area (Å²) in [4.78, 5) is 8.23. The third kappa shape index (κ3) is 2.03. The Morgan fingerprint density at radius 2 is 2.00 bits per heavy atom. The van der Waals surface area contributed by atoms with Gasteiger partial charge in [0.1, 0.15) is 12.7 Å². The standard InChI is InChI=1S/C11H14N4/c1-11(2,3)9-4-5-10(13-6-9)15-8-12-7-14-15/h4-8H,1-3H3. The first-order chi connectivity index (χ1) is 7.07. The zero-order valence-corrected chi connectivity index (χ0v) is 9.18. The zero-order chi connectivity index (χ0) is 10.9. The number of aromatic nitrogens is 4. The predicted octanol–water partition coefficient (Wildman–Crippen LogP) is 1.96. The summed E-state index contributed by atoms with van der Waals surface area (Å²) in [6.07, 6.45) is 5.02. The number of nitrogens with zero attached hydrogens (tertiary/aromatic N) is 4. The van der Waals surface area contributed by atoms with Gasteiger partial charge >= 0.3 is 0 Å². The van der Waals surface area contributed by atoms with E-state index >= 15 is 0 Å². The summed E-state index contributed by atoms with van der Waals surface area (Å²) in [7, 11) is 0. The van der Waals surface area contributed by atoms with E-state index < -0.39 is 0 Å². The molecule has 4 nitrogen and oxygen atoms in total. The molecule has 0 aliphatic rings. The molecule has 4 heteroatoms. The fraction of sp³-hybridized carbons (Fsp3) is 0.364. The summed E-state index contributed by atoms with van der Waals surface area (Å²) in [5.74, 6) is 0.792. The largest absolute Gasteiger partial charge is 0.237 e. The lowest BCUT2D eigenvalue weighted by Gasteiger charge is -2.18. The van der Waals surface area contributed by atoms with Gasteiger partial charge in [-0.3, -0.25) is 0 Å². The molecule has 0 bridgehead atoms. The molecular formula is C11H14N4. The van der Waals surface area contributed by atoms with Crippen molar-refractivity contribution in [3.63, 3.8) is 0 Å². The molecule has 15 heavy (non-hydrogen) atoms. The molecule has 2 rings (SSSR count). The molecule has 2 aromatic rings. The average Bonchev–Trinajstić information content (AvgIpc) is 2.69. The van der Waals surface area contributed by atoms with E-state index in [-0.39, 0.29) is 5.41 Å². The molecule has 0 radical (unpaired) electrons. The smallest absolute Gasteiger partial charge is 0.155 e. The van der Waals surface area contributed by atoms with Crippen molar-refractivity contribution in [2.24, 2.45) is 0 Å². The van der Waals surface area contributed by atoms with Crippen LogP contribution < -0.4 is 0 Å². The minimum Gasteiger partial charge on any atom is -0.237 e. The highest BCUT2D eigenvalue weighted by atomic mass is 15.3. The van der Waals surface area contributed by atoms with Crippen LogP contribution in [0.2, 0.25) is 0 Å². The highest BCUT2D eigenvalue weighted by molar-refractivity contribution is 5.27. The van der Waals surface area contributed by atoms with Gasteiger partial charge in [0.05, 0.1) is 0 Å². The summed E-state index contributed by atoms with van der Waals surface area (Å²) in [5.41, 5.74) is 1.35. The van der Waals surface area contributed by atoms with Gasteiger partial charge in [0.2, 0.25) is 0 Å². The third-order valence-electron chi connectivity index (χ3n) is 2.27. The molecule has 0 atom stereocenters. The van der Waals surface area contributed by atoms with E-state index in [0.29, 0.717) is 0 Å². The number of hydrogen-bond acceptors (Lipinski definition) is 3. The average molecular weight is 202 g/mol. The van der Waals surface area contributed by atoms with Crippen LogP contribution in [0, 0.1) is 0 Å². The van der Waals surface area contributed by atoms with E-state index in [9.17, 15) is 0 Å². The van der Waals surface area contributed by atoms with E-state index in [1.54, 1.807) is 11.0 Å². The number of hydrogen-bond donors (Lipinski definition) is 0. The van der Waals surface area contributed by atoms with E-state index in [1.807, 2.05) is 12.3 Å². The topological polar surface area (TPSA) is 43.6 Å². The Morgan fingerprint density at radius 1 is 1.20 bits per heavy atom. The fourth-order valence-electron chi connectivity index (χ4n) is 1.29. The molecule has 0 unspecified atom stereocenters. The lowest BCUT2D eigenvalue weighted by Crippen LogP contribution is -2.12. The van der Waals surface area contributed by atoms with Crippen LogP contribution >= 0.6 is 0 Å². The van der Waals surface area contributed by atoms with Crippen LogP contribution in [0.25, 0.3) is 5.82 Å². The Labute approximate surface area is 89.0 Å². The normalized spacial score (nSPS) is 11.7. The maximum absolute atomic E-state index is 4.35. The molecule has 0 aliphatic carbocycles. The van der Waals surface area contributed by atoms with Crippen molar-refractivity contribution in [3.8, 4) is 5.82 Å². The van der Waals surface area contributed by atoms with E-state index in [1.165, 1.54) is 11.9 Å². The molecule has 0 spiro atoms. The Kier molecular flexibility index (Phi) is 2.26. The van der Waals surface area contributed by atoms with Gasteiger partial charge in [-0.2, -0.15) is 5.10 Å². The van der Waals surface area contributed by atoms with E-state index in [2.05, 4.69) is 41.9 Å². The van der Waals surface area contributed by atoms with E-state index in [4.69, 9.17) is 0 Å². The van der Waals surface area contributed by atoms with E-state index in [0.717, 1.165) is 5.82 Å². The lowest BCUT2D eigenvalue weighted by atomic mass is 9.88. The van der Waals surface area contributed by atoms with Crippen LogP contribution in [-0.4, -0.2) is 19.7 Å². The van der Waals surface area contributed by atoms with Crippen molar-refractivity contribution in [2.45, 2.75) is 26.2 Å². The minimum atomic E-state index is 0.133. The first kappa shape index (κ1) is 9.83. The molecule has 0 amide bonds. The van der Waals surface area contributed by atoms with Crippen molar-refractivity contribution < 1.29 is 0 Å². The molecule has 2 heterocycles. The van der Waals surface area contributed by atoms with Gasteiger partial charge in [0.15, 0.2) is 5.82 Å². The SMILES string of the molecule is CC(C)(C)c1ccc(-n2cncn2)nc1. The van der Waals surface area contributed by atoms with Crippen molar-refractivity contribution in [2.75, 3.05) is 0 Å². The molecular weight excluding hydrogens is 188 g/mol. The monoisotopic (exact) mass is 202 g/mol. The molecule has 0 aromatic carbocycles. The van der Waals surface area contributed by atoms with Crippen LogP contribution in [0.1, 0.15) is 26.3 Å². The molecule has 0 aliphatic heterocycles. The van der Waals surface area contributed by atoms with Crippen LogP contribution in [0.5, 0.6) is 0 Å². The van der Waals surface area contributed by atoms with Gasteiger partial charge in [-0.15, -0.1) is 0 Å². The Morgan fingerprint density at radius 3 is 2.47 bits per heavy atom. The molecule has 0 fully saturated rings. The van der Waals surface area contributed by atoms with Gasteiger partial charge < -0.3 is 0 Å². The van der Waals surface area contributed by atoms with Crippen molar-refractivity contribution in [3.05, 3.63) is 36.5 Å². The maximum Gasteiger partial charge on any atom is 0.155 e. The van der Waals surface area contributed by atoms with Crippen molar-refractivity contribution >= 4 is 0 Å². The third-order valence-corrected chi connectivity index (χ3v) is 2.27. The molecule has 78 valence electrons. The number of rotatable bonds is 1. The Balaban J connectivity index is 2.33. The Bertz CT molecular complexity index is 423. The maximum atomic E-state index is 4.35. The van der Waals surface area contributed by atoms with Crippen molar-refractivity contribution in [1.29, 1.82) is 0 Å². The molecule has 0 N–H and O–H groups in total. The minimum absolute atomic E-state index is 0.133. The second-order valence-electron chi connectivity index (χ2n) is 4.50. The summed E-state index contributed by atoms with van der Waals surface area (Å²) in [5, 5.41) is 4.02. The van der Waals surface area contributed by atoms with Crippen LogP contribution in [-0.2, 0) is 5.41 Å². The highest BCUT2D eigenvalue weighted by Crippen LogP contribution is 2.21. The first-order valence-corrected chi connectivity index (χ1v) is 4.89. The predicted molar refractivity (Wildman–Crippen MR) is 57.9 cm³/mol. The van der Waals surface area contributed by atoms with Gasteiger partial charge in [-0.25, -0.2) is 14.6 Å². The van der Waals surface area contributed by atoms with Crippen LogP contribution in [0.4, 0.5) is 0 Å². The summed E-state index contributed by atoms with van der Waals surface area (Å²) in [6.45, 7) is 6.50. The fourth-order valence-corrected chi connectivity index (χ4v) is 1.29. The molecule has 0 saturated heterocycles. The first-order valence-electron chi connectivity index (χ1n) is 4.89. The summed E-state index contributed by atoms with van der Waals surface area (Å²) >= 11 is 0.